The van der Waals surface area contributed by atoms with Gasteiger partial charge in [-0.2, -0.15) is 0 Å². The van der Waals surface area contributed by atoms with Crippen LogP contribution in [0.25, 0.3) is 10.9 Å². The van der Waals surface area contributed by atoms with Gasteiger partial charge < -0.3 is 0 Å². The van der Waals surface area contributed by atoms with Crippen LogP contribution in [0.4, 0.5) is 0 Å². The molecule has 0 radical (unpaired) electrons. The van der Waals surface area contributed by atoms with Crippen molar-refractivity contribution in [3.63, 3.8) is 0 Å². The lowest BCUT2D eigenvalue weighted by atomic mass is 9.98. The van der Waals surface area contributed by atoms with Crippen molar-refractivity contribution < 1.29 is 0 Å². The fourth-order valence-corrected chi connectivity index (χ4v) is 2.25. The highest BCUT2D eigenvalue weighted by atomic mass is 15.2. The van der Waals surface area contributed by atoms with Crippen LogP contribution in [0.3, 0.4) is 0 Å². The Morgan fingerprint density at radius 2 is 2.12 bits per heavy atom. The van der Waals surface area contributed by atoms with Crippen molar-refractivity contribution in [3.8, 4) is 0 Å². The van der Waals surface area contributed by atoms with Crippen LogP contribution in [-0.2, 0) is 0 Å². The van der Waals surface area contributed by atoms with Gasteiger partial charge >= 0.3 is 0 Å². The monoisotopic (exact) mass is 229 g/mol. The molecule has 0 bridgehead atoms. The Kier molecular flexibility index (Phi) is 3.71. The summed E-state index contributed by atoms with van der Waals surface area (Å²) in [5.41, 5.74) is 6.24. The first-order valence-electron chi connectivity index (χ1n) is 6.08. The maximum Gasteiger partial charge on any atom is 0.0708 e. The maximum absolute atomic E-state index is 5.66. The number of hydrogen-bond acceptors (Lipinski definition) is 3. The Morgan fingerprint density at radius 1 is 1.35 bits per heavy atom. The third-order valence-electron chi connectivity index (χ3n) is 3.03. The molecule has 3 heteroatoms. The second-order valence-electron chi connectivity index (χ2n) is 4.38. The van der Waals surface area contributed by atoms with Crippen molar-refractivity contribution in [2.24, 2.45) is 5.84 Å². The van der Waals surface area contributed by atoms with Gasteiger partial charge in [0.2, 0.25) is 0 Å². The number of aryl methyl sites for hydroxylation is 1. The zero-order chi connectivity index (χ0) is 12.3. The van der Waals surface area contributed by atoms with Gasteiger partial charge in [-0.1, -0.05) is 31.5 Å². The molecule has 2 rings (SSSR count). The Bertz CT molecular complexity index is 508. The van der Waals surface area contributed by atoms with Crippen LogP contribution in [0.1, 0.15) is 37.1 Å². The maximum atomic E-state index is 5.66. The lowest BCUT2D eigenvalue weighted by Gasteiger charge is -2.18. The summed E-state index contributed by atoms with van der Waals surface area (Å²) in [6, 6.07) is 10.5. The van der Waals surface area contributed by atoms with Crippen LogP contribution in [-0.4, -0.2) is 4.98 Å². The van der Waals surface area contributed by atoms with E-state index in [1.165, 1.54) is 10.9 Å². The first-order valence-corrected chi connectivity index (χ1v) is 6.08. The number of hydrogen-bond donors (Lipinski definition) is 2. The minimum atomic E-state index is 0.201. The minimum Gasteiger partial charge on any atom is -0.271 e. The van der Waals surface area contributed by atoms with E-state index in [1.54, 1.807) is 0 Å². The number of nitrogens with one attached hydrogen (secondary N) is 1. The molecule has 1 heterocycles. The zero-order valence-electron chi connectivity index (χ0n) is 10.4. The van der Waals surface area contributed by atoms with Crippen LogP contribution >= 0.6 is 0 Å². The van der Waals surface area contributed by atoms with E-state index in [9.17, 15) is 0 Å². The molecular weight excluding hydrogens is 210 g/mol. The first kappa shape index (κ1) is 12.0. The van der Waals surface area contributed by atoms with Gasteiger partial charge in [-0.05, 0) is 31.0 Å². The molecular formula is C14H19N3. The van der Waals surface area contributed by atoms with E-state index in [0.717, 1.165) is 24.1 Å². The summed E-state index contributed by atoms with van der Waals surface area (Å²) in [4.78, 5) is 4.54. The van der Waals surface area contributed by atoms with E-state index in [-0.39, 0.29) is 6.04 Å². The molecule has 1 aromatic carbocycles. The number of rotatable bonds is 4. The van der Waals surface area contributed by atoms with Gasteiger partial charge in [-0.25, -0.2) is 0 Å². The molecule has 0 aliphatic carbocycles. The molecule has 0 saturated heterocycles. The summed E-state index contributed by atoms with van der Waals surface area (Å²) in [7, 11) is 0. The van der Waals surface area contributed by atoms with Gasteiger partial charge in [0.15, 0.2) is 0 Å². The van der Waals surface area contributed by atoms with Gasteiger partial charge in [-0.3, -0.25) is 16.3 Å². The number of nitrogens with zero attached hydrogens (tertiary/aromatic N) is 1. The van der Waals surface area contributed by atoms with Crippen molar-refractivity contribution in [2.75, 3.05) is 0 Å². The zero-order valence-corrected chi connectivity index (χ0v) is 10.4. The topological polar surface area (TPSA) is 50.9 Å². The molecule has 17 heavy (non-hydrogen) atoms. The molecule has 0 fully saturated rings. The molecule has 1 aromatic heterocycles. The van der Waals surface area contributed by atoms with Crippen molar-refractivity contribution >= 4 is 10.9 Å². The fraction of sp³-hybridized carbons (Fsp3) is 0.357. The Hall–Kier alpha value is -1.45. The Labute approximate surface area is 102 Å². The summed E-state index contributed by atoms with van der Waals surface area (Å²) >= 11 is 0. The van der Waals surface area contributed by atoms with Crippen LogP contribution in [0.5, 0.6) is 0 Å². The summed E-state index contributed by atoms with van der Waals surface area (Å²) in [6.07, 6.45) is 2.13. The number of fused-ring (bicyclic) bond motifs is 1. The molecule has 2 aromatic rings. The molecule has 0 saturated carbocycles. The molecule has 1 atom stereocenters. The minimum absolute atomic E-state index is 0.201. The van der Waals surface area contributed by atoms with E-state index < -0.39 is 0 Å². The quantitative estimate of drug-likeness (QED) is 0.626. The number of para-hydroxylation sites is 1. The second-order valence-corrected chi connectivity index (χ2v) is 4.38. The van der Waals surface area contributed by atoms with E-state index >= 15 is 0 Å². The average molecular weight is 229 g/mol. The van der Waals surface area contributed by atoms with Crippen LogP contribution in [0.2, 0.25) is 0 Å². The highest BCUT2D eigenvalue weighted by Gasteiger charge is 2.13. The van der Waals surface area contributed by atoms with Crippen molar-refractivity contribution in [2.45, 2.75) is 32.7 Å². The number of nitrogens with two attached hydrogens (primary N) is 1. The second kappa shape index (κ2) is 5.25. The van der Waals surface area contributed by atoms with Crippen LogP contribution in [0, 0.1) is 6.92 Å². The SMILES string of the molecule is CCCC(NN)c1cc(C)nc2ccccc12. The summed E-state index contributed by atoms with van der Waals surface area (Å²) < 4.78 is 0. The summed E-state index contributed by atoms with van der Waals surface area (Å²) in [5, 5.41) is 1.19. The molecule has 1 unspecified atom stereocenters. The predicted molar refractivity (Wildman–Crippen MR) is 71.5 cm³/mol. The largest absolute Gasteiger partial charge is 0.271 e. The molecule has 0 amide bonds. The van der Waals surface area contributed by atoms with Crippen LogP contribution < -0.4 is 11.3 Å². The van der Waals surface area contributed by atoms with Gasteiger partial charge in [0.1, 0.15) is 0 Å². The highest BCUT2D eigenvalue weighted by molar-refractivity contribution is 5.82. The number of benzene rings is 1. The molecule has 0 aliphatic heterocycles. The smallest absolute Gasteiger partial charge is 0.0708 e. The molecule has 90 valence electrons. The van der Waals surface area contributed by atoms with Gasteiger partial charge in [-0.15, -0.1) is 0 Å². The molecule has 3 nitrogen and oxygen atoms in total. The predicted octanol–water partition coefficient (Wildman–Crippen LogP) is 2.85. The molecule has 3 N–H and O–H groups in total. The summed E-state index contributed by atoms with van der Waals surface area (Å²) in [5.74, 6) is 5.66. The van der Waals surface area contributed by atoms with E-state index in [1.807, 2.05) is 25.1 Å². The normalized spacial score (nSPS) is 12.9. The Morgan fingerprint density at radius 3 is 2.82 bits per heavy atom. The fourth-order valence-electron chi connectivity index (χ4n) is 2.25. The molecule has 0 spiro atoms. The van der Waals surface area contributed by atoms with Crippen molar-refractivity contribution in [1.82, 2.24) is 10.4 Å². The highest BCUT2D eigenvalue weighted by Crippen LogP contribution is 2.26. The average Bonchev–Trinajstić information content (AvgIpc) is 2.35. The van der Waals surface area contributed by atoms with Crippen LogP contribution in [0.15, 0.2) is 30.3 Å². The third kappa shape index (κ3) is 2.46. The first-order chi connectivity index (χ1) is 8.26. The van der Waals surface area contributed by atoms with Crippen molar-refractivity contribution in [3.05, 3.63) is 41.6 Å². The third-order valence-corrected chi connectivity index (χ3v) is 3.03. The standard InChI is InChI=1S/C14H19N3/c1-3-6-14(17-15)12-9-10(2)16-13-8-5-4-7-11(12)13/h4-5,7-9,14,17H,3,6,15H2,1-2H3. The lowest BCUT2D eigenvalue weighted by Crippen LogP contribution is -2.28. The number of aromatic nitrogens is 1. The van der Waals surface area contributed by atoms with E-state index in [4.69, 9.17) is 5.84 Å². The van der Waals surface area contributed by atoms with E-state index in [0.29, 0.717) is 0 Å². The van der Waals surface area contributed by atoms with Crippen molar-refractivity contribution in [1.29, 1.82) is 0 Å². The Balaban J connectivity index is 2.58. The number of hydrazine groups is 1. The van der Waals surface area contributed by atoms with Gasteiger partial charge in [0.05, 0.1) is 5.52 Å². The van der Waals surface area contributed by atoms with E-state index in [2.05, 4.69) is 29.5 Å². The lowest BCUT2D eigenvalue weighted by molar-refractivity contribution is 0.512. The summed E-state index contributed by atoms with van der Waals surface area (Å²) in [6.45, 7) is 4.19. The van der Waals surface area contributed by atoms with Gasteiger partial charge in [0, 0.05) is 17.1 Å². The van der Waals surface area contributed by atoms with Gasteiger partial charge in [0.25, 0.3) is 0 Å². The molecule has 0 aliphatic rings. The number of pyridine rings is 1.